The van der Waals surface area contributed by atoms with Gasteiger partial charge in [0, 0.05) is 12.6 Å². The second-order valence-electron chi connectivity index (χ2n) is 3.82. The molecule has 0 radical (unpaired) electrons. The Morgan fingerprint density at radius 2 is 2.25 bits per heavy atom. The van der Waals surface area contributed by atoms with E-state index in [0.717, 1.165) is 26.1 Å². The van der Waals surface area contributed by atoms with Crippen LogP contribution in [-0.2, 0) is 9.47 Å². The Balaban J connectivity index is 1.56. The fourth-order valence-electron chi connectivity index (χ4n) is 1.76. The average molecular weight is 171 g/mol. The summed E-state index contributed by atoms with van der Waals surface area (Å²) < 4.78 is 11.1. The Labute approximate surface area is 73.2 Å². The molecule has 1 saturated carbocycles. The monoisotopic (exact) mass is 171 g/mol. The van der Waals surface area contributed by atoms with Gasteiger partial charge in [-0.15, -0.1) is 0 Å². The second kappa shape index (κ2) is 3.73. The minimum atomic E-state index is 0.363. The molecule has 1 atom stereocenters. The summed E-state index contributed by atoms with van der Waals surface area (Å²) in [5, 5.41) is 0. The molecule has 2 aliphatic rings. The van der Waals surface area contributed by atoms with Crippen molar-refractivity contribution in [3.63, 3.8) is 0 Å². The fourth-order valence-corrected chi connectivity index (χ4v) is 1.76. The van der Waals surface area contributed by atoms with E-state index in [9.17, 15) is 0 Å². The van der Waals surface area contributed by atoms with Crippen LogP contribution in [0.3, 0.4) is 0 Å². The predicted molar refractivity (Wildman–Crippen MR) is 45.9 cm³/mol. The number of rotatable bonds is 3. The Hall–Kier alpha value is -0.120. The van der Waals surface area contributed by atoms with Crippen LogP contribution in [0.2, 0.25) is 0 Å². The molecule has 0 bridgehead atoms. The van der Waals surface area contributed by atoms with Gasteiger partial charge in [0.1, 0.15) is 0 Å². The lowest BCUT2D eigenvalue weighted by atomic mass is 9.90. The van der Waals surface area contributed by atoms with Crippen LogP contribution in [-0.4, -0.2) is 31.5 Å². The highest BCUT2D eigenvalue weighted by Crippen LogP contribution is 2.22. The van der Waals surface area contributed by atoms with E-state index in [0.29, 0.717) is 18.2 Å². The molecule has 1 heterocycles. The summed E-state index contributed by atoms with van der Waals surface area (Å²) in [6.45, 7) is 1.69. The lowest BCUT2D eigenvalue weighted by Gasteiger charge is -2.32. The molecule has 3 nitrogen and oxygen atoms in total. The van der Waals surface area contributed by atoms with E-state index in [2.05, 4.69) is 0 Å². The van der Waals surface area contributed by atoms with Crippen LogP contribution in [0.1, 0.15) is 25.7 Å². The maximum Gasteiger partial charge on any atom is 0.0809 e. The summed E-state index contributed by atoms with van der Waals surface area (Å²) in [4.78, 5) is 0. The SMILES string of the molecule is NC1CC(OCC2CCCO2)C1. The summed E-state index contributed by atoms with van der Waals surface area (Å²) in [6, 6.07) is 0.388. The van der Waals surface area contributed by atoms with Gasteiger partial charge in [-0.25, -0.2) is 0 Å². The van der Waals surface area contributed by atoms with Crippen molar-refractivity contribution in [2.24, 2.45) is 5.73 Å². The molecule has 2 fully saturated rings. The van der Waals surface area contributed by atoms with Gasteiger partial charge >= 0.3 is 0 Å². The van der Waals surface area contributed by atoms with Crippen molar-refractivity contribution in [3.8, 4) is 0 Å². The second-order valence-corrected chi connectivity index (χ2v) is 3.82. The van der Waals surface area contributed by atoms with E-state index in [1.165, 1.54) is 12.8 Å². The van der Waals surface area contributed by atoms with Crippen molar-refractivity contribution in [1.29, 1.82) is 0 Å². The van der Waals surface area contributed by atoms with Gasteiger partial charge in [-0.05, 0) is 25.7 Å². The molecule has 70 valence electrons. The van der Waals surface area contributed by atoms with Crippen molar-refractivity contribution in [1.82, 2.24) is 0 Å². The molecule has 0 spiro atoms. The van der Waals surface area contributed by atoms with Gasteiger partial charge < -0.3 is 15.2 Å². The van der Waals surface area contributed by atoms with E-state index >= 15 is 0 Å². The average Bonchev–Trinajstić information content (AvgIpc) is 2.47. The van der Waals surface area contributed by atoms with E-state index in [4.69, 9.17) is 15.2 Å². The summed E-state index contributed by atoms with van der Waals surface area (Å²) in [7, 11) is 0. The molecule has 2 rings (SSSR count). The van der Waals surface area contributed by atoms with Gasteiger partial charge in [0.05, 0.1) is 18.8 Å². The molecule has 1 saturated heterocycles. The molecule has 0 amide bonds. The lowest BCUT2D eigenvalue weighted by molar-refractivity contribution is -0.0547. The van der Waals surface area contributed by atoms with Crippen molar-refractivity contribution in [2.45, 2.75) is 43.9 Å². The third-order valence-electron chi connectivity index (χ3n) is 2.67. The first kappa shape index (κ1) is 8.48. The zero-order chi connectivity index (χ0) is 8.39. The van der Waals surface area contributed by atoms with Crippen LogP contribution < -0.4 is 5.73 Å². The van der Waals surface area contributed by atoms with Gasteiger partial charge in [-0.2, -0.15) is 0 Å². The molecule has 2 N–H and O–H groups in total. The molecule has 3 heteroatoms. The van der Waals surface area contributed by atoms with Gasteiger partial charge in [-0.1, -0.05) is 0 Å². The van der Waals surface area contributed by atoms with E-state index in [1.807, 2.05) is 0 Å². The first-order chi connectivity index (χ1) is 5.84. The lowest BCUT2D eigenvalue weighted by Crippen LogP contribution is -2.42. The van der Waals surface area contributed by atoms with E-state index in [1.54, 1.807) is 0 Å². The maximum atomic E-state index is 5.64. The van der Waals surface area contributed by atoms with E-state index in [-0.39, 0.29) is 0 Å². The van der Waals surface area contributed by atoms with Crippen molar-refractivity contribution in [2.75, 3.05) is 13.2 Å². The molecule has 12 heavy (non-hydrogen) atoms. The highest BCUT2D eigenvalue weighted by Gasteiger charge is 2.27. The minimum absolute atomic E-state index is 0.363. The van der Waals surface area contributed by atoms with Crippen molar-refractivity contribution in [3.05, 3.63) is 0 Å². The zero-order valence-corrected chi connectivity index (χ0v) is 7.37. The summed E-state index contributed by atoms with van der Waals surface area (Å²) in [5.41, 5.74) is 5.64. The molecule has 0 aromatic heterocycles. The summed E-state index contributed by atoms with van der Waals surface area (Å²) in [5.74, 6) is 0. The number of ether oxygens (including phenoxy) is 2. The Kier molecular flexibility index (Phi) is 2.63. The fraction of sp³-hybridized carbons (Fsp3) is 1.00. The standard InChI is InChI=1S/C9H17NO2/c10-7-4-9(5-7)12-6-8-2-1-3-11-8/h7-9H,1-6,10H2. The third-order valence-corrected chi connectivity index (χ3v) is 2.67. The van der Waals surface area contributed by atoms with Crippen LogP contribution in [0, 0.1) is 0 Å². The Morgan fingerprint density at radius 3 is 2.83 bits per heavy atom. The smallest absolute Gasteiger partial charge is 0.0809 e. The summed E-state index contributed by atoms with van der Waals surface area (Å²) >= 11 is 0. The van der Waals surface area contributed by atoms with Crippen LogP contribution in [0.25, 0.3) is 0 Å². The first-order valence-electron chi connectivity index (χ1n) is 4.83. The van der Waals surface area contributed by atoms with Gasteiger partial charge in [0.25, 0.3) is 0 Å². The molecule has 1 aliphatic carbocycles. The third kappa shape index (κ3) is 1.97. The molecule has 1 aliphatic heterocycles. The largest absolute Gasteiger partial charge is 0.376 e. The first-order valence-corrected chi connectivity index (χ1v) is 4.83. The van der Waals surface area contributed by atoms with Crippen LogP contribution >= 0.6 is 0 Å². The zero-order valence-electron chi connectivity index (χ0n) is 7.37. The molecular formula is C9H17NO2. The van der Waals surface area contributed by atoms with E-state index < -0.39 is 0 Å². The minimum Gasteiger partial charge on any atom is -0.376 e. The molecule has 0 aromatic carbocycles. The summed E-state index contributed by atoms with van der Waals surface area (Å²) in [6.07, 6.45) is 5.21. The normalized spacial score (nSPS) is 41.2. The van der Waals surface area contributed by atoms with Crippen LogP contribution in [0.15, 0.2) is 0 Å². The van der Waals surface area contributed by atoms with Crippen molar-refractivity contribution < 1.29 is 9.47 Å². The van der Waals surface area contributed by atoms with Crippen LogP contribution in [0.4, 0.5) is 0 Å². The van der Waals surface area contributed by atoms with Crippen LogP contribution in [0.5, 0.6) is 0 Å². The molecule has 1 unspecified atom stereocenters. The highest BCUT2D eigenvalue weighted by atomic mass is 16.5. The predicted octanol–water partition coefficient (Wildman–Crippen LogP) is 0.672. The number of nitrogens with two attached hydrogens (primary N) is 1. The molecule has 0 aromatic rings. The maximum absolute atomic E-state index is 5.64. The van der Waals surface area contributed by atoms with Gasteiger partial charge in [0.15, 0.2) is 0 Å². The number of hydrogen-bond acceptors (Lipinski definition) is 3. The highest BCUT2D eigenvalue weighted by molar-refractivity contribution is 4.83. The Morgan fingerprint density at radius 1 is 1.42 bits per heavy atom. The van der Waals surface area contributed by atoms with Gasteiger partial charge in [-0.3, -0.25) is 0 Å². The number of hydrogen-bond donors (Lipinski definition) is 1. The van der Waals surface area contributed by atoms with Gasteiger partial charge in [0.2, 0.25) is 0 Å². The Bertz CT molecular complexity index is 139. The van der Waals surface area contributed by atoms with Crippen molar-refractivity contribution >= 4 is 0 Å². The molecular weight excluding hydrogens is 154 g/mol. The topological polar surface area (TPSA) is 44.5 Å². The quantitative estimate of drug-likeness (QED) is 0.679.